The summed E-state index contributed by atoms with van der Waals surface area (Å²) in [4.78, 5) is 16.6. The summed E-state index contributed by atoms with van der Waals surface area (Å²) in [5.74, 6) is 0.377. The molecule has 32 heavy (non-hydrogen) atoms. The number of hydrogen-bond donors (Lipinski definition) is 2. The topological polar surface area (TPSA) is 81.1 Å². The van der Waals surface area contributed by atoms with Gasteiger partial charge in [0.15, 0.2) is 0 Å². The lowest BCUT2D eigenvalue weighted by Gasteiger charge is -2.14. The molecule has 2 aromatic carbocycles. The minimum absolute atomic E-state index is 0.0160. The van der Waals surface area contributed by atoms with Crippen LogP contribution in [-0.2, 0) is 13.2 Å². The smallest absolute Gasteiger partial charge is 0.416 e. The van der Waals surface area contributed by atoms with Crippen LogP contribution in [0.25, 0.3) is 22.0 Å². The highest BCUT2D eigenvalue weighted by atomic mass is 19.4. The van der Waals surface area contributed by atoms with Crippen molar-refractivity contribution >= 4 is 28.3 Å². The molecule has 4 rings (SSSR count). The van der Waals surface area contributed by atoms with Crippen molar-refractivity contribution in [3.63, 3.8) is 0 Å². The molecule has 164 valence electrons. The zero-order valence-corrected chi connectivity index (χ0v) is 17.1. The Balaban J connectivity index is 1.57. The number of amides is 2. The lowest BCUT2D eigenvalue weighted by Crippen LogP contribution is -2.20. The second kappa shape index (κ2) is 8.22. The number of anilines is 2. The molecular formula is C22H18F3N5O2. The Labute approximate surface area is 180 Å². The standard InChI is InChI=1S/C22H18F3N5O2/c1-30-19-12-26-10-16(17(19)11-27-30)13-6-7-18(20(8-13)32-2)29-21(31)28-15-5-3-4-14(9-15)22(23,24)25/h3-12H,1-2H3,(H2,28,29,31). The number of carbonyl (C=O) groups is 1. The molecule has 0 atom stereocenters. The number of hydrogen-bond acceptors (Lipinski definition) is 4. The number of nitrogens with one attached hydrogen (secondary N) is 2. The van der Waals surface area contributed by atoms with E-state index >= 15 is 0 Å². The molecule has 0 aliphatic rings. The van der Waals surface area contributed by atoms with Crippen molar-refractivity contribution in [1.82, 2.24) is 14.8 Å². The predicted molar refractivity (Wildman–Crippen MR) is 115 cm³/mol. The number of aryl methyl sites for hydroxylation is 1. The Hall–Kier alpha value is -4.08. The van der Waals surface area contributed by atoms with E-state index in [2.05, 4.69) is 20.7 Å². The van der Waals surface area contributed by atoms with Gasteiger partial charge in [-0.2, -0.15) is 18.3 Å². The van der Waals surface area contributed by atoms with Crippen molar-refractivity contribution < 1.29 is 22.7 Å². The van der Waals surface area contributed by atoms with Gasteiger partial charge in [-0.3, -0.25) is 9.67 Å². The fourth-order valence-corrected chi connectivity index (χ4v) is 3.31. The van der Waals surface area contributed by atoms with Gasteiger partial charge in [-0.15, -0.1) is 0 Å². The van der Waals surface area contributed by atoms with E-state index in [4.69, 9.17) is 4.74 Å². The number of urea groups is 1. The van der Waals surface area contributed by atoms with Crippen molar-refractivity contribution in [2.75, 3.05) is 17.7 Å². The summed E-state index contributed by atoms with van der Waals surface area (Å²) in [6, 6.07) is 8.86. The zero-order chi connectivity index (χ0) is 22.9. The summed E-state index contributed by atoms with van der Waals surface area (Å²) in [6.07, 6.45) is 0.677. The monoisotopic (exact) mass is 441 g/mol. The second-order valence-corrected chi connectivity index (χ2v) is 6.96. The quantitative estimate of drug-likeness (QED) is 0.450. The highest BCUT2D eigenvalue weighted by Gasteiger charge is 2.30. The van der Waals surface area contributed by atoms with Crippen LogP contribution in [0.4, 0.5) is 29.3 Å². The number of methoxy groups -OCH3 is 1. The largest absolute Gasteiger partial charge is 0.495 e. The van der Waals surface area contributed by atoms with E-state index in [9.17, 15) is 18.0 Å². The third-order valence-corrected chi connectivity index (χ3v) is 4.88. The molecule has 0 unspecified atom stereocenters. The van der Waals surface area contributed by atoms with E-state index in [-0.39, 0.29) is 5.69 Å². The lowest BCUT2D eigenvalue weighted by atomic mass is 10.0. The number of benzene rings is 2. The Morgan fingerprint density at radius 2 is 1.88 bits per heavy atom. The number of ether oxygens (including phenoxy) is 1. The van der Waals surface area contributed by atoms with Crippen LogP contribution in [0.15, 0.2) is 61.1 Å². The molecule has 7 nitrogen and oxygen atoms in total. The molecule has 0 spiro atoms. The van der Waals surface area contributed by atoms with Gasteiger partial charge < -0.3 is 15.4 Å². The second-order valence-electron chi connectivity index (χ2n) is 6.96. The van der Waals surface area contributed by atoms with Crippen LogP contribution in [-0.4, -0.2) is 27.9 Å². The van der Waals surface area contributed by atoms with E-state index in [0.717, 1.165) is 34.2 Å². The minimum Gasteiger partial charge on any atom is -0.495 e. The number of pyridine rings is 1. The predicted octanol–water partition coefficient (Wildman–Crippen LogP) is 5.31. The van der Waals surface area contributed by atoms with Gasteiger partial charge in [0.25, 0.3) is 0 Å². The molecule has 2 N–H and O–H groups in total. The van der Waals surface area contributed by atoms with Gasteiger partial charge in [0.2, 0.25) is 0 Å². The maximum absolute atomic E-state index is 12.9. The number of carbonyl (C=O) groups excluding carboxylic acids is 1. The van der Waals surface area contributed by atoms with Crippen molar-refractivity contribution in [1.29, 1.82) is 0 Å². The minimum atomic E-state index is -4.50. The zero-order valence-electron chi connectivity index (χ0n) is 17.1. The van der Waals surface area contributed by atoms with E-state index in [1.165, 1.54) is 19.2 Å². The van der Waals surface area contributed by atoms with Crippen molar-refractivity contribution in [3.05, 3.63) is 66.6 Å². The first kappa shape index (κ1) is 21.2. The summed E-state index contributed by atoms with van der Waals surface area (Å²) < 4.78 is 45.7. The number of nitrogens with zero attached hydrogens (tertiary/aromatic N) is 3. The van der Waals surface area contributed by atoms with Crippen molar-refractivity contribution in [2.24, 2.45) is 7.05 Å². The Morgan fingerprint density at radius 1 is 1.06 bits per heavy atom. The molecule has 0 saturated heterocycles. The van der Waals surface area contributed by atoms with Gasteiger partial charge in [0, 0.05) is 29.9 Å². The maximum atomic E-state index is 12.9. The van der Waals surface area contributed by atoms with Crippen LogP contribution >= 0.6 is 0 Å². The first-order valence-electron chi connectivity index (χ1n) is 9.45. The maximum Gasteiger partial charge on any atom is 0.416 e. The number of halogens is 3. The van der Waals surface area contributed by atoms with Gasteiger partial charge in [-0.1, -0.05) is 12.1 Å². The van der Waals surface area contributed by atoms with Crippen LogP contribution in [0.2, 0.25) is 0 Å². The highest BCUT2D eigenvalue weighted by Crippen LogP contribution is 2.34. The molecule has 0 aliphatic carbocycles. The van der Waals surface area contributed by atoms with Gasteiger partial charge >= 0.3 is 12.2 Å². The van der Waals surface area contributed by atoms with Gasteiger partial charge in [-0.25, -0.2) is 4.79 Å². The lowest BCUT2D eigenvalue weighted by molar-refractivity contribution is -0.137. The molecule has 0 fully saturated rings. The first-order valence-corrected chi connectivity index (χ1v) is 9.45. The Morgan fingerprint density at radius 3 is 2.62 bits per heavy atom. The first-order chi connectivity index (χ1) is 15.3. The fourth-order valence-electron chi connectivity index (χ4n) is 3.31. The number of rotatable bonds is 4. The van der Waals surface area contributed by atoms with E-state index < -0.39 is 17.8 Å². The summed E-state index contributed by atoms with van der Waals surface area (Å²) >= 11 is 0. The van der Waals surface area contributed by atoms with Gasteiger partial charge in [0.1, 0.15) is 5.75 Å². The number of aromatic nitrogens is 3. The summed E-state index contributed by atoms with van der Waals surface area (Å²) in [6.45, 7) is 0. The Bertz CT molecular complexity index is 1300. The van der Waals surface area contributed by atoms with E-state index in [1.54, 1.807) is 41.5 Å². The summed E-state index contributed by atoms with van der Waals surface area (Å²) in [5, 5.41) is 10.2. The fraction of sp³-hybridized carbons (Fsp3) is 0.136. The molecule has 2 aromatic heterocycles. The molecule has 2 amide bonds. The van der Waals surface area contributed by atoms with E-state index in [0.29, 0.717) is 11.4 Å². The van der Waals surface area contributed by atoms with E-state index in [1.807, 2.05) is 7.05 Å². The van der Waals surface area contributed by atoms with Crippen LogP contribution in [0.5, 0.6) is 5.75 Å². The molecule has 10 heteroatoms. The average Bonchev–Trinajstić information content (AvgIpc) is 3.14. The number of fused-ring (bicyclic) bond motifs is 1. The summed E-state index contributed by atoms with van der Waals surface area (Å²) in [5.41, 5.74) is 2.03. The Kier molecular flexibility index (Phi) is 5.43. The highest BCUT2D eigenvalue weighted by molar-refractivity contribution is 6.01. The molecule has 0 radical (unpaired) electrons. The summed E-state index contributed by atoms with van der Waals surface area (Å²) in [7, 11) is 3.28. The molecule has 0 aliphatic heterocycles. The van der Waals surface area contributed by atoms with Crippen LogP contribution in [0.3, 0.4) is 0 Å². The van der Waals surface area contributed by atoms with Crippen molar-refractivity contribution in [3.8, 4) is 16.9 Å². The molecule has 2 heterocycles. The molecule has 0 saturated carbocycles. The molecule has 4 aromatic rings. The van der Waals surface area contributed by atoms with Crippen molar-refractivity contribution in [2.45, 2.75) is 6.18 Å². The van der Waals surface area contributed by atoms with Gasteiger partial charge in [0.05, 0.1) is 36.3 Å². The van der Waals surface area contributed by atoms with Crippen LogP contribution in [0.1, 0.15) is 5.56 Å². The normalized spacial score (nSPS) is 11.4. The third kappa shape index (κ3) is 4.20. The average molecular weight is 441 g/mol. The molecular weight excluding hydrogens is 423 g/mol. The van der Waals surface area contributed by atoms with Crippen LogP contribution in [0, 0.1) is 0 Å². The SMILES string of the molecule is COc1cc(-c2cncc3c2cnn3C)ccc1NC(=O)Nc1cccc(C(F)(F)F)c1. The molecule has 0 bridgehead atoms. The van der Waals surface area contributed by atoms with Gasteiger partial charge in [-0.05, 0) is 35.9 Å². The number of alkyl halides is 3. The third-order valence-electron chi connectivity index (χ3n) is 4.88. The van der Waals surface area contributed by atoms with Crippen LogP contribution < -0.4 is 15.4 Å².